The van der Waals surface area contributed by atoms with Crippen LogP contribution in [0.4, 0.5) is 10.1 Å². The molecule has 1 aromatic heterocycles. The standard InChI is InChI=1S/C12H11ClFNS/c1-8-2-10(14)5-11(3-8)15-6-12-4-9(13)7-16-12/h2-5,7,15H,6H2,1H3. The second kappa shape index (κ2) is 4.85. The quantitative estimate of drug-likeness (QED) is 0.854. The van der Waals surface area contributed by atoms with Crippen LogP contribution >= 0.6 is 22.9 Å². The molecule has 1 heterocycles. The normalized spacial score (nSPS) is 10.4. The molecule has 0 spiro atoms. The largest absolute Gasteiger partial charge is 0.380 e. The molecule has 2 rings (SSSR count). The van der Waals surface area contributed by atoms with E-state index in [-0.39, 0.29) is 5.82 Å². The fraction of sp³-hybridized carbons (Fsp3) is 0.167. The third-order valence-corrected chi connectivity index (χ3v) is 3.41. The minimum atomic E-state index is -0.216. The highest BCUT2D eigenvalue weighted by Crippen LogP contribution is 2.21. The first-order valence-corrected chi connectivity index (χ1v) is 6.13. The maximum atomic E-state index is 13.1. The van der Waals surface area contributed by atoms with E-state index in [0.717, 1.165) is 21.2 Å². The van der Waals surface area contributed by atoms with Crippen LogP contribution in [0.25, 0.3) is 0 Å². The molecule has 0 aliphatic carbocycles. The summed E-state index contributed by atoms with van der Waals surface area (Å²) in [6.45, 7) is 2.54. The van der Waals surface area contributed by atoms with Crippen molar-refractivity contribution in [2.75, 3.05) is 5.32 Å². The lowest BCUT2D eigenvalue weighted by Gasteiger charge is -2.06. The fourth-order valence-electron chi connectivity index (χ4n) is 1.47. The van der Waals surface area contributed by atoms with Gasteiger partial charge >= 0.3 is 0 Å². The van der Waals surface area contributed by atoms with Gasteiger partial charge in [-0.25, -0.2) is 4.39 Å². The van der Waals surface area contributed by atoms with Crippen molar-refractivity contribution in [3.8, 4) is 0 Å². The third-order valence-electron chi connectivity index (χ3n) is 2.13. The molecule has 1 nitrogen and oxygen atoms in total. The van der Waals surface area contributed by atoms with Gasteiger partial charge in [0, 0.05) is 22.5 Å². The van der Waals surface area contributed by atoms with E-state index >= 15 is 0 Å². The van der Waals surface area contributed by atoms with Crippen molar-refractivity contribution in [1.82, 2.24) is 0 Å². The Kier molecular flexibility index (Phi) is 3.46. The minimum Gasteiger partial charge on any atom is -0.380 e. The van der Waals surface area contributed by atoms with Crippen molar-refractivity contribution >= 4 is 28.6 Å². The van der Waals surface area contributed by atoms with Crippen LogP contribution in [-0.4, -0.2) is 0 Å². The van der Waals surface area contributed by atoms with E-state index < -0.39 is 0 Å². The molecule has 1 aromatic carbocycles. The lowest BCUT2D eigenvalue weighted by Crippen LogP contribution is -1.98. The van der Waals surface area contributed by atoms with Gasteiger partial charge in [0.05, 0.1) is 5.02 Å². The van der Waals surface area contributed by atoms with E-state index in [9.17, 15) is 4.39 Å². The molecular formula is C12H11ClFNS. The summed E-state index contributed by atoms with van der Waals surface area (Å²) >= 11 is 7.40. The van der Waals surface area contributed by atoms with Gasteiger partial charge in [-0.1, -0.05) is 11.6 Å². The van der Waals surface area contributed by atoms with Crippen LogP contribution < -0.4 is 5.32 Å². The van der Waals surface area contributed by atoms with Crippen LogP contribution in [-0.2, 0) is 6.54 Å². The number of aryl methyl sites for hydroxylation is 1. The van der Waals surface area contributed by atoms with Gasteiger partial charge in [-0.05, 0) is 36.8 Å². The fourth-order valence-corrected chi connectivity index (χ4v) is 2.49. The van der Waals surface area contributed by atoms with Gasteiger partial charge in [0.15, 0.2) is 0 Å². The number of anilines is 1. The van der Waals surface area contributed by atoms with Gasteiger partial charge in [-0.2, -0.15) is 0 Å². The SMILES string of the molecule is Cc1cc(F)cc(NCc2cc(Cl)cs2)c1. The van der Waals surface area contributed by atoms with Gasteiger partial charge in [0.1, 0.15) is 5.82 Å². The van der Waals surface area contributed by atoms with E-state index in [1.54, 1.807) is 11.3 Å². The maximum Gasteiger partial charge on any atom is 0.125 e. The highest BCUT2D eigenvalue weighted by molar-refractivity contribution is 7.10. The predicted molar refractivity (Wildman–Crippen MR) is 67.8 cm³/mol. The van der Waals surface area contributed by atoms with E-state index in [4.69, 9.17) is 11.6 Å². The second-order valence-corrected chi connectivity index (χ2v) is 5.03. The molecule has 0 aliphatic rings. The number of benzene rings is 1. The molecule has 4 heteroatoms. The molecule has 0 saturated heterocycles. The highest BCUT2D eigenvalue weighted by atomic mass is 35.5. The topological polar surface area (TPSA) is 12.0 Å². The Morgan fingerprint density at radius 3 is 2.75 bits per heavy atom. The molecule has 16 heavy (non-hydrogen) atoms. The van der Waals surface area contributed by atoms with E-state index in [0.29, 0.717) is 6.54 Å². The van der Waals surface area contributed by atoms with Crippen molar-refractivity contribution < 1.29 is 4.39 Å². The van der Waals surface area contributed by atoms with E-state index in [1.807, 2.05) is 24.4 Å². The number of rotatable bonds is 3. The van der Waals surface area contributed by atoms with Gasteiger partial charge in [-0.3, -0.25) is 0 Å². The van der Waals surface area contributed by atoms with Crippen LogP contribution in [0, 0.1) is 12.7 Å². The average Bonchev–Trinajstić information content (AvgIpc) is 2.60. The lowest BCUT2D eigenvalue weighted by molar-refractivity contribution is 0.627. The van der Waals surface area contributed by atoms with Crippen molar-refractivity contribution in [3.63, 3.8) is 0 Å². The van der Waals surface area contributed by atoms with Gasteiger partial charge < -0.3 is 5.32 Å². The van der Waals surface area contributed by atoms with Gasteiger partial charge in [0.2, 0.25) is 0 Å². The van der Waals surface area contributed by atoms with Gasteiger partial charge in [-0.15, -0.1) is 11.3 Å². The van der Waals surface area contributed by atoms with E-state index in [1.165, 1.54) is 12.1 Å². The molecule has 0 bridgehead atoms. The first kappa shape index (κ1) is 11.4. The molecule has 0 atom stereocenters. The van der Waals surface area contributed by atoms with E-state index in [2.05, 4.69) is 5.32 Å². The smallest absolute Gasteiger partial charge is 0.125 e. The Bertz CT molecular complexity index is 475. The molecule has 84 valence electrons. The Hall–Kier alpha value is -1.06. The van der Waals surface area contributed by atoms with Crippen molar-refractivity contribution in [2.24, 2.45) is 0 Å². The third kappa shape index (κ3) is 2.97. The monoisotopic (exact) mass is 255 g/mol. The van der Waals surface area contributed by atoms with Gasteiger partial charge in [0.25, 0.3) is 0 Å². The van der Waals surface area contributed by atoms with Crippen LogP contribution in [0.3, 0.4) is 0 Å². The highest BCUT2D eigenvalue weighted by Gasteiger charge is 2.00. The van der Waals surface area contributed by atoms with Crippen LogP contribution in [0.1, 0.15) is 10.4 Å². The first-order valence-electron chi connectivity index (χ1n) is 4.87. The number of halogens is 2. The zero-order valence-electron chi connectivity index (χ0n) is 8.76. The summed E-state index contributed by atoms with van der Waals surface area (Å²) in [4.78, 5) is 1.13. The second-order valence-electron chi connectivity index (χ2n) is 3.60. The molecular weight excluding hydrogens is 245 g/mol. The zero-order valence-corrected chi connectivity index (χ0v) is 10.3. The first-order chi connectivity index (χ1) is 7.63. The van der Waals surface area contributed by atoms with Crippen molar-refractivity contribution in [2.45, 2.75) is 13.5 Å². The lowest BCUT2D eigenvalue weighted by atomic mass is 10.2. The van der Waals surface area contributed by atoms with Crippen molar-refractivity contribution in [3.05, 3.63) is 50.9 Å². The number of thiophene rings is 1. The summed E-state index contributed by atoms with van der Waals surface area (Å²) in [5.41, 5.74) is 1.70. The molecule has 0 amide bonds. The molecule has 2 aromatic rings. The van der Waals surface area contributed by atoms with Crippen molar-refractivity contribution in [1.29, 1.82) is 0 Å². The molecule has 0 saturated carbocycles. The number of hydrogen-bond acceptors (Lipinski definition) is 2. The Labute approximate surface area is 103 Å². The summed E-state index contributed by atoms with van der Waals surface area (Å²) in [6, 6.07) is 6.82. The molecule has 1 N–H and O–H groups in total. The van der Waals surface area contributed by atoms with Crippen LogP contribution in [0.2, 0.25) is 5.02 Å². The summed E-state index contributed by atoms with van der Waals surface area (Å²) in [6.07, 6.45) is 0. The minimum absolute atomic E-state index is 0.216. The molecule has 0 aliphatic heterocycles. The maximum absolute atomic E-state index is 13.1. The zero-order chi connectivity index (χ0) is 11.5. The van der Waals surface area contributed by atoms with Crippen LogP contribution in [0.15, 0.2) is 29.6 Å². The summed E-state index contributed by atoms with van der Waals surface area (Å²) in [5.74, 6) is -0.216. The average molecular weight is 256 g/mol. The Morgan fingerprint density at radius 2 is 2.12 bits per heavy atom. The number of nitrogens with one attached hydrogen (secondary N) is 1. The summed E-state index contributed by atoms with van der Waals surface area (Å²) in [7, 11) is 0. The molecule has 0 unspecified atom stereocenters. The predicted octanol–water partition coefficient (Wildman–Crippen LogP) is 4.46. The Balaban J connectivity index is 2.04. The summed E-state index contributed by atoms with van der Waals surface area (Å²) < 4.78 is 13.1. The Morgan fingerprint density at radius 1 is 1.31 bits per heavy atom. The summed E-state index contributed by atoms with van der Waals surface area (Å²) in [5, 5.41) is 5.80. The molecule has 0 fully saturated rings. The molecule has 0 radical (unpaired) electrons. The number of hydrogen-bond donors (Lipinski definition) is 1. The van der Waals surface area contributed by atoms with Crippen LogP contribution in [0.5, 0.6) is 0 Å².